The number of aldehydes is 1. The van der Waals surface area contributed by atoms with Crippen LogP contribution in [0.5, 0.6) is 0 Å². The average molecular weight is 420 g/mol. The molecule has 2 unspecified atom stereocenters. The normalized spacial score (nSPS) is 17.2. The highest BCUT2D eigenvalue weighted by Crippen LogP contribution is 2.47. The molecule has 3 rings (SSSR count). The Labute approximate surface area is 161 Å². The number of hydrogen-bond donors (Lipinski definition) is 0. The predicted molar refractivity (Wildman–Crippen MR) is 91.0 cm³/mol. The molecule has 0 radical (unpaired) electrons. The van der Waals surface area contributed by atoms with Gasteiger partial charge in [-0.1, -0.05) is 29.3 Å². The van der Waals surface area contributed by atoms with Gasteiger partial charge in [-0.15, -0.1) is 0 Å². The number of carbonyl (C=O) groups excluding carboxylic acids is 2. The van der Waals surface area contributed by atoms with E-state index in [2.05, 4.69) is 0 Å². The van der Waals surface area contributed by atoms with Gasteiger partial charge in [0.25, 0.3) is 5.91 Å². The van der Waals surface area contributed by atoms with E-state index in [9.17, 15) is 27.2 Å². The molecule has 1 aliphatic heterocycles. The molecule has 2 atom stereocenters. The van der Waals surface area contributed by atoms with Crippen LogP contribution in [0.25, 0.3) is 0 Å². The Morgan fingerprint density at radius 1 is 1.07 bits per heavy atom. The summed E-state index contributed by atoms with van der Waals surface area (Å²) in [4.78, 5) is 24.6. The molecular weight excluding hydrogens is 409 g/mol. The third-order valence-electron chi connectivity index (χ3n) is 4.65. The molecule has 0 N–H and O–H groups in total. The van der Waals surface area contributed by atoms with E-state index < -0.39 is 52.3 Å². The second kappa shape index (κ2) is 7.13. The molecule has 3 nitrogen and oxygen atoms in total. The van der Waals surface area contributed by atoms with Crippen LogP contribution in [-0.2, 0) is 4.79 Å². The number of likely N-dealkylation sites (N-methyl/N-ethyl adjacent to an activating group) is 1. The van der Waals surface area contributed by atoms with Gasteiger partial charge in [-0.25, -0.2) is 17.6 Å². The predicted octanol–water partition coefficient (Wildman–Crippen LogP) is 5.05. The summed E-state index contributed by atoms with van der Waals surface area (Å²) in [6, 6.07) is 3.13. The van der Waals surface area contributed by atoms with Crippen LogP contribution in [0.15, 0.2) is 18.2 Å². The highest BCUT2D eigenvalue weighted by atomic mass is 35.5. The number of hydrogen-bond acceptors (Lipinski definition) is 2. The lowest BCUT2D eigenvalue weighted by Gasteiger charge is -2.29. The molecule has 142 valence electrons. The lowest BCUT2D eigenvalue weighted by atomic mass is 9.84. The van der Waals surface area contributed by atoms with Crippen LogP contribution < -0.4 is 0 Å². The molecule has 0 spiro atoms. The van der Waals surface area contributed by atoms with Gasteiger partial charge in [-0.2, -0.15) is 0 Å². The molecule has 0 bridgehead atoms. The van der Waals surface area contributed by atoms with Crippen molar-refractivity contribution in [2.45, 2.75) is 18.4 Å². The second-order valence-electron chi connectivity index (χ2n) is 6.09. The van der Waals surface area contributed by atoms with Gasteiger partial charge < -0.3 is 9.69 Å². The Balaban J connectivity index is 2.25. The topological polar surface area (TPSA) is 37.4 Å². The SMILES string of the molecule is CN1C(=O)c2c(F)c(F)c(F)c(F)c2C1C(CC=O)c1ccc(Cl)c(Cl)c1. The Bertz CT molecular complexity index is 967. The van der Waals surface area contributed by atoms with Gasteiger partial charge in [0.15, 0.2) is 23.3 Å². The van der Waals surface area contributed by atoms with Crippen molar-refractivity contribution in [2.24, 2.45) is 0 Å². The van der Waals surface area contributed by atoms with E-state index >= 15 is 0 Å². The van der Waals surface area contributed by atoms with Gasteiger partial charge in [-0.05, 0) is 17.7 Å². The van der Waals surface area contributed by atoms with E-state index in [-0.39, 0.29) is 16.5 Å². The number of fused-ring (bicyclic) bond motifs is 1. The van der Waals surface area contributed by atoms with Gasteiger partial charge in [0.05, 0.1) is 21.7 Å². The van der Waals surface area contributed by atoms with Crippen molar-refractivity contribution in [3.63, 3.8) is 0 Å². The van der Waals surface area contributed by atoms with E-state index in [0.717, 1.165) is 4.90 Å². The second-order valence-corrected chi connectivity index (χ2v) is 6.90. The number of rotatable bonds is 4. The number of benzene rings is 2. The zero-order valence-corrected chi connectivity index (χ0v) is 15.2. The summed E-state index contributed by atoms with van der Waals surface area (Å²) in [6.07, 6.45) is 0.317. The molecule has 0 aromatic heterocycles. The maximum atomic E-state index is 14.5. The molecule has 1 aliphatic rings. The zero-order chi connectivity index (χ0) is 20.0. The minimum absolute atomic E-state index is 0.147. The smallest absolute Gasteiger partial charge is 0.257 e. The summed E-state index contributed by atoms with van der Waals surface area (Å²) in [5, 5.41) is 0.376. The van der Waals surface area contributed by atoms with Gasteiger partial charge in [0.2, 0.25) is 0 Å². The summed E-state index contributed by atoms with van der Waals surface area (Å²) < 4.78 is 56.1. The number of halogens is 6. The van der Waals surface area contributed by atoms with E-state index in [0.29, 0.717) is 11.8 Å². The molecule has 2 aromatic carbocycles. The van der Waals surface area contributed by atoms with Gasteiger partial charge in [0.1, 0.15) is 6.29 Å². The van der Waals surface area contributed by atoms with Gasteiger partial charge in [-0.3, -0.25) is 4.79 Å². The van der Waals surface area contributed by atoms with Crippen molar-refractivity contribution in [1.82, 2.24) is 4.90 Å². The number of nitrogens with zero attached hydrogens (tertiary/aromatic N) is 1. The van der Waals surface area contributed by atoms with Crippen LogP contribution >= 0.6 is 23.2 Å². The molecule has 2 aromatic rings. The fourth-order valence-electron chi connectivity index (χ4n) is 3.40. The third kappa shape index (κ3) is 2.99. The molecule has 0 fully saturated rings. The number of amides is 1. The van der Waals surface area contributed by atoms with E-state index in [1.807, 2.05) is 0 Å². The lowest BCUT2D eigenvalue weighted by Crippen LogP contribution is -2.28. The van der Waals surface area contributed by atoms with Crippen molar-refractivity contribution in [2.75, 3.05) is 7.05 Å². The highest BCUT2D eigenvalue weighted by molar-refractivity contribution is 6.42. The van der Waals surface area contributed by atoms with Crippen molar-refractivity contribution in [3.8, 4) is 0 Å². The Morgan fingerprint density at radius 2 is 1.70 bits per heavy atom. The first kappa shape index (κ1) is 19.6. The lowest BCUT2D eigenvalue weighted by molar-refractivity contribution is -0.108. The zero-order valence-electron chi connectivity index (χ0n) is 13.7. The fraction of sp³-hybridized carbons (Fsp3) is 0.222. The summed E-state index contributed by atoms with van der Waals surface area (Å²) in [7, 11) is 1.23. The van der Waals surface area contributed by atoms with Crippen molar-refractivity contribution < 1.29 is 27.2 Å². The van der Waals surface area contributed by atoms with E-state index in [1.165, 1.54) is 25.2 Å². The quantitative estimate of drug-likeness (QED) is 0.301. The Hall–Kier alpha value is -2.12. The minimum Gasteiger partial charge on any atom is -0.334 e. The van der Waals surface area contributed by atoms with E-state index in [1.54, 1.807) is 0 Å². The van der Waals surface area contributed by atoms with E-state index in [4.69, 9.17) is 23.2 Å². The molecule has 0 aliphatic carbocycles. The van der Waals surface area contributed by atoms with Crippen LogP contribution in [-0.4, -0.2) is 24.1 Å². The molecule has 0 saturated carbocycles. The van der Waals surface area contributed by atoms with Crippen LogP contribution in [0, 0.1) is 23.3 Å². The van der Waals surface area contributed by atoms with Gasteiger partial charge in [0, 0.05) is 24.9 Å². The highest BCUT2D eigenvalue weighted by Gasteiger charge is 2.46. The standard InChI is InChI=1S/C18H11Cl2F4NO2/c1-25-17(8(4-5-26)7-2-3-9(19)10(20)6-7)11-12(18(25)27)14(22)16(24)15(23)13(11)21/h2-3,5-6,8,17H,4H2,1H3. The molecular formula is C18H11Cl2F4NO2. The maximum Gasteiger partial charge on any atom is 0.257 e. The molecule has 1 heterocycles. The Kier molecular flexibility index (Phi) is 5.18. The molecule has 9 heteroatoms. The summed E-state index contributed by atoms with van der Waals surface area (Å²) in [5.74, 6) is -9.40. The molecule has 0 saturated heterocycles. The monoisotopic (exact) mass is 419 g/mol. The fourth-order valence-corrected chi connectivity index (χ4v) is 3.70. The number of carbonyl (C=O) groups is 2. The molecule has 27 heavy (non-hydrogen) atoms. The first-order valence-corrected chi connectivity index (χ1v) is 8.47. The van der Waals surface area contributed by atoms with Gasteiger partial charge >= 0.3 is 0 Å². The first-order chi connectivity index (χ1) is 12.7. The largest absolute Gasteiger partial charge is 0.334 e. The Morgan fingerprint density at radius 3 is 2.30 bits per heavy atom. The van der Waals surface area contributed by atoms with Crippen LogP contribution in [0.3, 0.4) is 0 Å². The minimum atomic E-state index is -2.06. The van der Waals surface area contributed by atoms with Crippen molar-refractivity contribution in [3.05, 3.63) is 68.2 Å². The average Bonchev–Trinajstić information content (AvgIpc) is 2.90. The summed E-state index contributed by atoms with van der Waals surface area (Å²) >= 11 is 11.9. The van der Waals surface area contributed by atoms with Crippen LogP contribution in [0.4, 0.5) is 17.6 Å². The van der Waals surface area contributed by atoms with Crippen molar-refractivity contribution >= 4 is 35.4 Å². The van der Waals surface area contributed by atoms with Crippen molar-refractivity contribution in [1.29, 1.82) is 0 Å². The van der Waals surface area contributed by atoms with Crippen LogP contribution in [0.1, 0.15) is 39.9 Å². The summed E-state index contributed by atoms with van der Waals surface area (Å²) in [5.41, 5.74) is -1.11. The van der Waals surface area contributed by atoms with Crippen LogP contribution in [0.2, 0.25) is 10.0 Å². The maximum absolute atomic E-state index is 14.5. The first-order valence-electron chi connectivity index (χ1n) is 7.72. The third-order valence-corrected chi connectivity index (χ3v) is 5.39. The molecule has 1 amide bonds. The summed E-state index contributed by atoms with van der Waals surface area (Å²) in [6.45, 7) is 0.